The first kappa shape index (κ1) is 35.9. The highest BCUT2D eigenvalue weighted by atomic mass is 32.1. The minimum absolute atomic E-state index is 0.624. The number of hydrogen-bond acceptors (Lipinski definition) is 4. The molecule has 62 heavy (non-hydrogen) atoms. The van der Waals surface area contributed by atoms with Crippen LogP contribution in [0.1, 0.15) is 0 Å². The van der Waals surface area contributed by atoms with Crippen molar-refractivity contribution in [1.82, 2.24) is 19.5 Å². The molecule has 0 saturated carbocycles. The molecular formula is C57H36N4S. The Bertz CT molecular complexity index is 3610. The number of thiophene rings is 1. The summed E-state index contributed by atoms with van der Waals surface area (Å²) in [7, 11) is 0. The number of fused-ring (bicyclic) bond motifs is 6. The topological polar surface area (TPSA) is 43.6 Å². The van der Waals surface area contributed by atoms with Crippen molar-refractivity contribution in [3.8, 4) is 73.2 Å². The fraction of sp³-hybridized carbons (Fsp3) is 0. The van der Waals surface area contributed by atoms with Crippen LogP contribution in [-0.2, 0) is 0 Å². The minimum Gasteiger partial charge on any atom is -0.309 e. The number of hydrogen-bond donors (Lipinski definition) is 0. The van der Waals surface area contributed by atoms with E-state index in [2.05, 4.69) is 205 Å². The quantitative estimate of drug-likeness (QED) is 0.161. The Morgan fingerprint density at radius 2 is 0.823 bits per heavy atom. The number of nitrogens with zero attached hydrogens (tertiary/aromatic N) is 4. The molecule has 12 rings (SSSR count). The molecule has 0 aliphatic heterocycles. The van der Waals surface area contributed by atoms with Crippen molar-refractivity contribution < 1.29 is 0 Å². The van der Waals surface area contributed by atoms with Crippen LogP contribution in [0.15, 0.2) is 218 Å². The molecule has 290 valence electrons. The van der Waals surface area contributed by atoms with E-state index in [1.165, 1.54) is 42.4 Å². The molecule has 0 N–H and O–H groups in total. The summed E-state index contributed by atoms with van der Waals surface area (Å²) in [5.74, 6) is 1.89. The van der Waals surface area contributed by atoms with Crippen LogP contribution in [0.2, 0.25) is 0 Å². The van der Waals surface area contributed by atoms with Crippen LogP contribution in [0.25, 0.3) is 115 Å². The highest BCUT2D eigenvalue weighted by molar-refractivity contribution is 7.26. The Labute approximate surface area is 362 Å². The molecule has 9 aromatic carbocycles. The molecule has 12 aromatic rings. The summed E-state index contributed by atoms with van der Waals surface area (Å²) in [4.78, 5) is 15.6. The van der Waals surface area contributed by atoms with Gasteiger partial charge in [0.05, 0.1) is 11.0 Å². The molecule has 0 aliphatic rings. The average Bonchev–Trinajstić information content (AvgIpc) is 3.91. The van der Waals surface area contributed by atoms with Gasteiger partial charge in [-0.05, 0) is 81.9 Å². The lowest BCUT2D eigenvalue weighted by atomic mass is 9.92. The van der Waals surface area contributed by atoms with Gasteiger partial charge in [0.15, 0.2) is 17.5 Å². The molecule has 0 aliphatic carbocycles. The summed E-state index contributed by atoms with van der Waals surface area (Å²) in [6, 6.07) is 77.5. The molecule has 0 unspecified atom stereocenters. The molecule has 3 aromatic heterocycles. The molecule has 5 heteroatoms. The molecule has 0 radical (unpaired) electrons. The largest absolute Gasteiger partial charge is 0.309 e. The zero-order valence-corrected chi connectivity index (χ0v) is 34.3. The third-order valence-corrected chi connectivity index (χ3v) is 13.1. The van der Waals surface area contributed by atoms with Gasteiger partial charge in [-0.1, -0.05) is 170 Å². The van der Waals surface area contributed by atoms with Crippen molar-refractivity contribution >= 4 is 53.3 Å². The lowest BCUT2D eigenvalue weighted by Gasteiger charge is -2.13. The van der Waals surface area contributed by atoms with Gasteiger partial charge in [0.1, 0.15) is 0 Å². The van der Waals surface area contributed by atoms with Crippen LogP contribution in [0.4, 0.5) is 0 Å². The van der Waals surface area contributed by atoms with Gasteiger partial charge in [-0.3, -0.25) is 0 Å². The Morgan fingerprint density at radius 1 is 0.323 bits per heavy atom. The Hall–Kier alpha value is -7.99. The smallest absolute Gasteiger partial charge is 0.164 e. The second-order valence-electron chi connectivity index (χ2n) is 15.6. The molecular weight excluding hydrogens is 773 g/mol. The van der Waals surface area contributed by atoms with Gasteiger partial charge >= 0.3 is 0 Å². The van der Waals surface area contributed by atoms with Crippen molar-refractivity contribution in [3.05, 3.63) is 218 Å². The van der Waals surface area contributed by atoms with Gasteiger partial charge in [0.25, 0.3) is 0 Å². The maximum Gasteiger partial charge on any atom is 0.164 e. The van der Waals surface area contributed by atoms with Gasteiger partial charge in [-0.15, -0.1) is 11.3 Å². The van der Waals surface area contributed by atoms with Crippen molar-refractivity contribution in [2.75, 3.05) is 0 Å². The van der Waals surface area contributed by atoms with E-state index in [0.29, 0.717) is 17.5 Å². The summed E-state index contributed by atoms with van der Waals surface area (Å²) < 4.78 is 4.94. The standard InChI is InChI=1S/C57H36N4S/c1-4-16-37(17-5-1)41-34-42(36-43(35-41)45-24-14-25-47-46-22-11-13-29-52(46)62-54(45)47)38-30-32-40(33-31-38)56-58-55(39-18-6-2-7-19-39)59-57(60-56)49-26-15-28-51-53(49)48-23-10-12-27-50(48)61(51)44-20-8-3-9-21-44/h1-36H. The van der Waals surface area contributed by atoms with Crippen LogP contribution < -0.4 is 0 Å². The van der Waals surface area contributed by atoms with Crippen LogP contribution in [0.5, 0.6) is 0 Å². The summed E-state index contributed by atoms with van der Waals surface area (Å²) in [5, 5.41) is 4.86. The lowest BCUT2D eigenvalue weighted by molar-refractivity contribution is 1.08. The molecule has 4 nitrogen and oxygen atoms in total. The van der Waals surface area contributed by atoms with Crippen LogP contribution >= 0.6 is 11.3 Å². The van der Waals surface area contributed by atoms with E-state index in [1.807, 2.05) is 29.5 Å². The Balaban J connectivity index is 1.00. The van der Waals surface area contributed by atoms with E-state index in [9.17, 15) is 0 Å². The first-order chi connectivity index (χ1) is 30.7. The molecule has 0 fully saturated rings. The van der Waals surface area contributed by atoms with E-state index in [0.717, 1.165) is 55.3 Å². The van der Waals surface area contributed by atoms with E-state index in [4.69, 9.17) is 15.0 Å². The first-order valence-electron chi connectivity index (χ1n) is 20.8. The maximum atomic E-state index is 5.26. The number of para-hydroxylation sites is 2. The summed E-state index contributed by atoms with van der Waals surface area (Å²) >= 11 is 1.87. The number of aromatic nitrogens is 4. The third-order valence-electron chi connectivity index (χ3n) is 11.9. The van der Waals surface area contributed by atoms with Crippen molar-refractivity contribution in [2.45, 2.75) is 0 Å². The van der Waals surface area contributed by atoms with E-state index in [1.54, 1.807) is 0 Å². The normalized spacial score (nSPS) is 11.5. The van der Waals surface area contributed by atoms with E-state index < -0.39 is 0 Å². The van der Waals surface area contributed by atoms with Crippen LogP contribution in [0, 0.1) is 0 Å². The minimum atomic E-state index is 0.624. The van der Waals surface area contributed by atoms with E-state index in [-0.39, 0.29) is 0 Å². The van der Waals surface area contributed by atoms with Gasteiger partial charge < -0.3 is 4.57 Å². The van der Waals surface area contributed by atoms with E-state index >= 15 is 0 Å². The van der Waals surface area contributed by atoms with Gasteiger partial charge in [0.2, 0.25) is 0 Å². The van der Waals surface area contributed by atoms with Crippen molar-refractivity contribution in [1.29, 1.82) is 0 Å². The zero-order valence-electron chi connectivity index (χ0n) is 33.5. The van der Waals surface area contributed by atoms with Crippen LogP contribution in [0.3, 0.4) is 0 Å². The second-order valence-corrected chi connectivity index (χ2v) is 16.6. The SMILES string of the molecule is c1ccc(-c2cc(-c3ccc(-c4nc(-c5ccccc5)nc(-c5cccc6c5c5ccccc5n6-c5ccccc5)n4)cc3)cc(-c3cccc4c3sc3ccccc34)c2)cc1. The molecule has 0 amide bonds. The Morgan fingerprint density at radius 3 is 1.56 bits per heavy atom. The summed E-state index contributed by atoms with van der Waals surface area (Å²) in [6.45, 7) is 0. The molecule has 0 saturated heterocycles. The van der Waals surface area contributed by atoms with Gasteiger partial charge in [0, 0.05) is 53.3 Å². The van der Waals surface area contributed by atoms with Crippen molar-refractivity contribution in [3.63, 3.8) is 0 Å². The predicted octanol–water partition coefficient (Wildman–Crippen LogP) is 15.3. The average molecular weight is 809 g/mol. The van der Waals surface area contributed by atoms with Gasteiger partial charge in [-0.2, -0.15) is 0 Å². The fourth-order valence-electron chi connectivity index (χ4n) is 8.94. The molecule has 0 spiro atoms. The fourth-order valence-corrected chi connectivity index (χ4v) is 10.2. The maximum absolute atomic E-state index is 5.26. The monoisotopic (exact) mass is 808 g/mol. The van der Waals surface area contributed by atoms with Crippen LogP contribution in [-0.4, -0.2) is 19.5 Å². The van der Waals surface area contributed by atoms with Crippen molar-refractivity contribution in [2.24, 2.45) is 0 Å². The second kappa shape index (κ2) is 14.9. The lowest BCUT2D eigenvalue weighted by Crippen LogP contribution is -2.00. The molecule has 3 heterocycles. The highest BCUT2D eigenvalue weighted by Crippen LogP contribution is 2.43. The van der Waals surface area contributed by atoms with Gasteiger partial charge in [-0.25, -0.2) is 15.0 Å². The third kappa shape index (κ3) is 6.18. The Kier molecular flexibility index (Phi) is 8.65. The summed E-state index contributed by atoms with van der Waals surface area (Å²) in [5.41, 5.74) is 13.2. The molecule has 0 bridgehead atoms. The first-order valence-corrected chi connectivity index (χ1v) is 21.7. The number of rotatable bonds is 7. The highest BCUT2D eigenvalue weighted by Gasteiger charge is 2.20. The predicted molar refractivity (Wildman–Crippen MR) is 260 cm³/mol. The number of benzene rings is 9. The zero-order chi connectivity index (χ0) is 41.0. The summed E-state index contributed by atoms with van der Waals surface area (Å²) in [6.07, 6.45) is 0. The molecule has 0 atom stereocenters.